The third-order valence-corrected chi connectivity index (χ3v) is 3.43. The summed E-state index contributed by atoms with van der Waals surface area (Å²) in [5, 5.41) is 0. The number of hydrogen-bond acceptors (Lipinski definition) is 1. The number of aryl methyl sites for hydroxylation is 2. The third kappa shape index (κ3) is 2.34. The summed E-state index contributed by atoms with van der Waals surface area (Å²) in [5.74, 6) is 0. The first-order valence-electron chi connectivity index (χ1n) is 6.15. The van der Waals surface area contributed by atoms with E-state index < -0.39 is 0 Å². The number of nitrogens with zero attached hydrogens (tertiary/aromatic N) is 1. The average molecular weight is 203 g/mol. The molecule has 1 aliphatic rings. The van der Waals surface area contributed by atoms with Gasteiger partial charge in [0, 0.05) is 18.8 Å². The summed E-state index contributed by atoms with van der Waals surface area (Å²) in [4.78, 5) is 2.53. The quantitative estimate of drug-likeness (QED) is 0.710. The molecule has 0 aromatic heterocycles. The summed E-state index contributed by atoms with van der Waals surface area (Å²) in [6, 6.07) is 6.92. The SMILES string of the molecule is CCc1cc(N2CCCCC2)ccc1C. The Kier molecular flexibility index (Phi) is 3.30. The minimum Gasteiger partial charge on any atom is -0.372 e. The minimum absolute atomic E-state index is 1.15. The third-order valence-electron chi connectivity index (χ3n) is 3.43. The topological polar surface area (TPSA) is 3.24 Å². The van der Waals surface area contributed by atoms with Crippen LogP contribution in [0.2, 0.25) is 0 Å². The van der Waals surface area contributed by atoms with Crippen LogP contribution < -0.4 is 4.90 Å². The van der Waals surface area contributed by atoms with Gasteiger partial charge < -0.3 is 4.90 Å². The van der Waals surface area contributed by atoms with Crippen LogP contribution in [0.4, 0.5) is 5.69 Å². The summed E-state index contributed by atoms with van der Waals surface area (Å²) in [6.07, 6.45) is 5.27. The van der Waals surface area contributed by atoms with Gasteiger partial charge in [-0.1, -0.05) is 13.0 Å². The van der Waals surface area contributed by atoms with Gasteiger partial charge in [0.1, 0.15) is 0 Å². The van der Waals surface area contributed by atoms with E-state index in [0.717, 1.165) is 6.42 Å². The molecule has 1 heteroatoms. The van der Waals surface area contributed by atoms with Crippen LogP contribution in [0.25, 0.3) is 0 Å². The normalized spacial score (nSPS) is 16.8. The largest absolute Gasteiger partial charge is 0.372 e. The lowest BCUT2D eigenvalue weighted by molar-refractivity contribution is 0.577. The van der Waals surface area contributed by atoms with Gasteiger partial charge >= 0.3 is 0 Å². The van der Waals surface area contributed by atoms with Gasteiger partial charge in [-0.25, -0.2) is 0 Å². The summed E-state index contributed by atoms with van der Waals surface area (Å²) in [7, 11) is 0. The fourth-order valence-corrected chi connectivity index (χ4v) is 2.39. The molecule has 0 amide bonds. The maximum Gasteiger partial charge on any atom is 0.0369 e. The number of piperidine rings is 1. The molecule has 2 rings (SSSR count). The molecule has 15 heavy (non-hydrogen) atoms. The standard InChI is InChI=1S/C14H21N/c1-3-13-11-14(8-7-12(13)2)15-9-5-4-6-10-15/h7-8,11H,3-6,9-10H2,1-2H3. The van der Waals surface area contributed by atoms with E-state index in [2.05, 4.69) is 36.9 Å². The van der Waals surface area contributed by atoms with Crippen molar-refractivity contribution >= 4 is 5.69 Å². The fraction of sp³-hybridized carbons (Fsp3) is 0.571. The molecular weight excluding hydrogens is 182 g/mol. The van der Waals surface area contributed by atoms with E-state index in [-0.39, 0.29) is 0 Å². The molecule has 1 aromatic rings. The molecule has 0 radical (unpaired) electrons. The van der Waals surface area contributed by atoms with Crippen molar-refractivity contribution < 1.29 is 0 Å². The molecule has 1 fully saturated rings. The van der Waals surface area contributed by atoms with Gasteiger partial charge in [0.05, 0.1) is 0 Å². The lowest BCUT2D eigenvalue weighted by Gasteiger charge is -2.29. The van der Waals surface area contributed by atoms with E-state index >= 15 is 0 Å². The zero-order valence-corrected chi connectivity index (χ0v) is 9.92. The Morgan fingerprint density at radius 2 is 1.87 bits per heavy atom. The second kappa shape index (κ2) is 4.69. The molecule has 82 valence electrons. The van der Waals surface area contributed by atoms with Gasteiger partial charge in [-0.05, 0) is 55.9 Å². The van der Waals surface area contributed by atoms with Crippen molar-refractivity contribution in [2.75, 3.05) is 18.0 Å². The van der Waals surface area contributed by atoms with Crippen LogP contribution >= 0.6 is 0 Å². The van der Waals surface area contributed by atoms with Crippen LogP contribution in [0.3, 0.4) is 0 Å². The van der Waals surface area contributed by atoms with Crippen LogP contribution in [0, 0.1) is 6.92 Å². The van der Waals surface area contributed by atoms with Crippen LogP contribution in [0.15, 0.2) is 18.2 Å². The molecular formula is C14H21N. The highest BCUT2D eigenvalue weighted by Gasteiger charge is 2.11. The Morgan fingerprint density at radius 1 is 1.13 bits per heavy atom. The van der Waals surface area contributed by atoms with Gasteiger partial charge in [0.2, 0.25) is 0 Å². The number of rotatable bonds is 2. The van der Waals surface area contributed by atoms with Gasteiger partial charge in [-0.15, -0.1) is 0 Å². The molecule has 0 unspecified atom stereocenters. The summed E-state index contributed by atoms with van der Waals surface area (Å²) >= 11 is 0. The van der Waals surface area contributed by atoms with Crippen LogP contribution in [-0.2, 0) is 6.42 Å². The van der Waals surface area contributed by atoms with E-state index in [0.29, 0.717) is 0 Å². The molecule has 0 aliphatic carbocycles. The Hall–Kier alpha value is -0.980. The summed E-state index contributed by atoms with van der Waals surface area (Å²) < 4.78 is 0. The second-order valence-corrected chi connectivity index (χ2v) is 4.51. The van der Waals surface area contributed by atoms with Gasteiger partial charge in [-0.3, -0.25) is 0 Å². The molecule has 1 nitrogen and oxygen atoms in total. The molecule has 1 heterocycles. The number of benzene rings is 1. The zero-order valence-electron chi connectivity index (χ0n) is 9.92. The molecule has 0 bridgehead atoms. The van der Waals surface area contributed by atoms with Gasteiger partial charge in [0.15, 0.2) is 0 Å². The van der Waals surface area contributed by atoms with E-state index in [4.69, 9.17) is 0 Å². The van der Waals surface area contributed by atoms with Crippen molar-refractivity contribution in [2.24, 2.45) is 0 Å². The monoisotopic (exact) mass is 203 g/mol. The zero-order chi connectivity index (χ0) is 10.7. The lowest BCUT2D eigenvalue weighted by atomic mass is 10.0. The molecule has 0 N–H and O–H groups in total. The number of hydrogen-bond donors (Lipinski definition) is 0. The smallest absolute Gasteiger partial charge is 0.0369 e. The van der Waals surface area contributed by atoms with Crippen molar-refractivity contribution in [3.63, 3.8) is 0 Å². The van der Waals surface area contributed by atoms with E-state index in [1.54, 1.807) is 0 Å². The Balaban J connectivity index is 2.20. The summed E-state index contributed by atoms with van der Waals surface area (Å²) in [5.41, 5.74) is 4.36. The molecule has 0 spiro atoms. The first-order valence-corrected chi connectivity index (χ1v) is 6.15. The van der Waals surface area contributed by atoms with Crippen molar-refractivity contribution in [1.82, 2.24) is 0 Å². The van der Waals surface area contributed by atoms with Crippen LogP contribution in [0.5, 0.6) is 0 Å². The lowest BCUT2D eigenvalue weighted by Crippen LogP contribution is -2.29. The Bertz CT molecular complexity index is 324. The number of anilines is 1. The maximum atomic E-state index is 2.53. The van der Waals surface area contributed by atoms with Crippen molar-refractivity contribution in [3.8, 4) is 0 Å². The van der Waals surface area contributed by atoms with Crippen LogP contribution in [0.1, 0.15) is 37.3 Å². The first kappa shape index (κ1) is 10.5. The van der Waals surface area contributed by atoms with Crippen molar-refractivity contribution in [3.05, 3.63) is 29.3 Å². The van der Waals surface area contributed by atoms with Crippen molar-refractivity contribution in [2.45, 2.75) is 39.5 Å². The van der Waals surface area contributed by atoms with E-state index in [1.807, 2.05) is 0 Å². The molecule has 1 aromatic carbocycles. The highest BCUT2D eigenvalue weighted by Crippen LogP contribution is 2.22. The molecule has 0 saturated carbocycles. The summed E-state index contributed by atoms with van der Waals surface area (Å²) in [6.45, 7) is 6.93. The highest BCUT2D eigenvalue weighted by atomic mass is 15.1. The maximum absolute atomic E-state index is 2.53. The van der Waals surface area contributed by atoms with E-state index in [9.17, 15) is 0 Å². The average Bonchev–Trinajstić information content (AvgIpc) is 2.31. The van der Waals surface area contributed by atoms with Gasteiger partial charge in [0.25, 0.3) is 0 Å². The highest BCUT2D eigenvalue weighted by molar-refractivity contribution is 5.51. The predicted octanol–water partition coefficient (Wildman–Crippen LogP) is 3.55. The van der Waals surface area contributed by atoms with E-state index in [1.165, 1.54) is 49.2 Å². The second-order valence-electron chi connectivity index (χ2n) is 4.51. The first-order chi connectivity index (χ1) is 7.31. The fourth-order valence-electron chi connectivity index (χ4n) is 2.39. The van der Waals surface area contributed by atoms with Gasteiger partial charge in [-0.2, -0.15) is 0 Å². The molecule has 0 atom stereocenters. The Labute approximate surface area is 93.1 Å². The Morgan fingerprint density at radius 3 is 2.53 bits per heavy atom. The molecule has 1 saturated heterocycles. The minimum atomic E-state index is 1.15. The van der Waals surface area contributed by atoms with Crippen LogP contribution in [-0.4, -0.2) is 13.1 Å². The predicted molar refractivity (Wildman–Crippen MR) is 66.6 cm³/mol. The molecule has 1 aliphatic heterocycles. The van der Waals surface area contributed by atoms with Crippen molar-refractivity contribution in [1.29, 1.82) is 0 Å².